The van der Waals surface area contributed by atoms with Gasteiger partial charge in [0.1, 0.15) is 5.75 Å². The number of hydrogen-bond donors (Lipinski definition) is 1. The van der Waals surface area contributed by atoms with Crippen LogP contribution in [0.1, 0.15) is 24.8 Å². The minimum atomic E-state index is -0.505. The number of aromatic nitrogens is 2. The van der Waals surface area contributed by atoms with Crippen molar-refractivity contribution >= 4 is 11.8 Å². The number of benzene rings is 1. The van der Waals surface area contributed by atoms with E-state index >= 15 is 0 Å². The van der Waals surface area contributed by atoms with Crippen LogP contribution < -0.4 is 10.1 Å². The molecule has 142 valence electrons. The molecule has 3 heterocycles. The highest BCUT2D eigenvalue weighted by atomic mass is 16.5. The number of imide groups is 1. The summed E-state index contributed by atoms with van der Waals surface area (Å²) >= 11 is 0. The van der Waals surface area contributed by atoms with Gasteiger partial charge in [0.2, 0.25) is 11.8 Å². The smallest absolute Gasteiger partial charge is 0.234 e. The molecule has 7 heteroatoms. The van der Waals surface area contributed by atoms with Crippen LogP contribution in [-0.4, -0.2) is 46.0 Å². The summed E-state index contributed by atoms with van der Waals surface area (Å²) in [6, 6.07) is 8.11. The molecule has 0 bridgehead atoms. The number of likely N-dealkylation sites (tertiary alicyclic amines) is 1. The van der Waals surface area contributed by atoms with Crippen molar-refractivity contribution in [3.05, 3.63) is 48.5 Å². The van der Waals surface area contributed by atoms with E-state index in [2.05, 4.69) is 27.3 Å². The predicted octanol–water partition coefficient (Wildman–Crippen LogP) is 1.59. The summed E-state index contributed by atoms with van der Waals surface area (Å²) in [6.45, 7) is 3.83. The van der Waals surface area contributed by atoms with E-state index in [-0.39, 0.29) is 11.8 Å². The van der Waals surface area contributed by atoms with Crippen molar-refractivity contribution in [3.63, 3.8) is 0 Å². The van der Waals surface area contributed by atoms with Crippen LogP contribution in [0, 0.1) is 5.41 Å². The monoisotopic (exact) mass is 368 g/mol. The van der Waals surface area contributed by atoms with Crippen molar-refractivity contribution in [2.75, 3.05) is 19.7 Å². The second-order valence-electron chi connectivity index (χ2n) is 7.44. The average molecular weight is 368 g/mol. The van der Waals surface area contributed by atoms with Gasteiger partial charge in [0.25, 0.3) is 0 Å². The van der Waals surface area contributed by atoms with Gasteiger partial charge < -0.3 is 9.30 Å². The molecule has 2 saturated heterocycles. The Hall–Kier alpha value is -2.67. The van der Waals surface area contributed by atoms with Gasteiger partial charge in [0, 0.05) is 38.4 Å². The lowest BCUT2D eigenvalue weighted by molar-refractivity contribution is -0.128. The highest BCUT2D eigenvalue weighted by Crippen LogP contribution is 2.38. The highest BCUT2D eigenvalue weighted by molar-refractivity contribution is 6.06. The summed E-state index contributed by atoms with van der Waals surface area (Å²) in [5.41, 5.74) is 0.678. The zero-order chi connectivity index (χ0) is 18.7. The first-order valence-electron chi connectivity index (χ1n) is 9.37. The number of nitrogens with one attached hydrogen (secondary N) is 1. The third-order valence-electron chi connectivity index (χ3n) is 5.38. The first-order valence-corrected chi connectivity index (χ1v) is 9.37. The molecule has 0 radical (unpaired) electrons. The second kappa shape index (κ2) is 7.52. The lowest BCUT2D eigenvalue weighted by Crippen LogP contribution is -2.34. The molecule has 0 unspecified atom stereocenters. The zero-order valence-electron chi connectivity index (χ0n) is 15.3. The number of aryl methyl sites for hydroxylation is 1. The normalized spacial score (nSPS) is 22.5. The number of imidazole rings is 1. The highest BCUT2D eigenvalue weighted by Gasteiger charge is 2.50. The Morgan fingerprint density at radius 2 is 2.07 bits per heavy atom. The topological polar surface area (TPSA) is 76.5 Å². The van der Waals surface area contributed by atoms with Crippen LogP contribution in [0.5, 0.6) is 5.75 Å². The van der Waals surface area contributed by atoms with Crippen LogP contribution in [0.2, 0.25) is 0 Å². The van der Waals surface area contributed by atoms with Gasteiger partial charge in [-0.15, -0.1) is 0 Å². The van der Waals surface area contributed by atoms with Gasteiger partial charge in [-0.3, -0.25) is 19.8 Å². The number of carbonyl (C=O) groups is 2. The number of ether oxygens (including phenoxy) is 1. The summed E-state index contributed by atoms with van der Waals surface area (Å²) in [4.78, 5) is 29.9. The van der Waals surface area contributed by atoms with Gasteiger partial charge in [-0.05, 0) is 37.1 Å². The van der Waals surface area contributed by atoms with E-state index in [4.69, 9.17) is 4.74 Å². The Morgan fingerprint density at radius 1 is 1.22 bits per heavy atom. The summed E-state index contributed by atoms with van der Waals surface area (Å²) in [5.74, 6) is 0.619. The largest absolute Gasteiger partial charge is 0.494 e. The molecular formula is C20H24N4O3. The summed E-state index contributed by atoms with van der Waals surface area (Å²) in [5, 5.41) is 2.45. The molecule has 7 nitrogen and oxygen atoms in total. The van der Waals surface area contributed by atoms with Crippen LogP contribution in [0.15, 0.2) is 43.0 Å². The van der Waals surface area contributed by atoms with Gasteiger partial charge in [-0.25, -0.2) is 4.98 Å². The Kier molecular flexibility index (Phi) is 4.94. The Bertz CT molecular complexity index is 803. The molecule has 1 atom stereocenters. The number of hydrogen-bond acceptors (Lipinski definition) is 5. The van der Waals surface area contributed by atoms with Gasteiger partial charge >= 0.3 is 0 Å². The van der Waals surface area contributed by atoms with E-state index in [0.717, 1.165) is 38.2 Å². The third-order valence-corrected chi connectivity index (χ3v) is 5.38. The summed E-state index contributed by atoms with van der Waals surface area (Å²) < 4.78 is 7.83. The van der Waals surface area contributed by atoms with Gasteiger partial charge in [-0.2, -0.15) is 0 Å². The van der Waals surface area contributed by atoms with Crippen LogP contribution in [0.4, 0.5) is 0 Å². The number of amides is 2. The third kappa shape index (κ3) is 4.03. The van der Waals surface area contributed by atoms with Crippen molar-refractivity contribution in [1.29, 1.82) is 0 Å². The molecule has 2 amide bonds. The van der Waals surface area contributed by atoms with Crippen LogP contribution >= 0.6 is 0 Å². The van der Waals surface area contributed by atoms with Crippen LogP contribution in [0.25, 0.3) is 0 Å². The molecule has 2 aliphatic heterocycles. The molecule has 2 aromatic rings. The lowest BCUT2D eigenvalue weighted by Gasteiger charge is -2.20. The van der Waals surface area contributed by atoms with Crippen molar-refractivity contribution < 1.29 is 14.3 Å². The van der Waals surface area contributed by atoms with Gasteiger partial charge in [0.05, 0.1) is 18.3 Å². The van der Waals surface area contributed by atoms with E-state index in [1.165, 1.54) is 5.56 Å². The molecule has 1 N–H and O–H groups in total. The molecule has 2 fully saturated rings. The van der Waals surface area contributed by atoms with E-state index in [1.807, 2.05) is 29.2 Å². The molecule has 2 aliphatic rings. The van der Waals surface area contributed by atoms with E-state index < -0.39 is 5.41 Å². The quantitative estimate of drug-likeness (QED) is 0.593. The number of carbonyl (C=O) groups excluding carboxylic acids is 2. The number of rotatable bonds is 7. The van der Waals surface area contributed by atoms with Crippen molar-refractivity contribution in [1.82, 2.24) is 19.8 Å². The van der Waals surface area contributed by atoms with E-state index in [1.54, 1.807) is 6.20 Å². The second-order valence-corrected chi connectivity index (χ2v) is 7.44. The summed E-state index contributed by atoms with van der Waals surface area (Å²) in [6.07, 6.45) is 7.54. The van der Waals surface area contributed by atoms with Gasteiger partial charge in [-0.1, -0.05) is 12.1 Å². The maximum Gasteiger partial charge on any atom is 0.234 e. The zero-order valence-corrected chi connectivity index (χ0v) is 15.3. The fourth-order valence-electron chi connectivity index (χ4n) is 3.92. The van der Waals surface area contributed by atoms with Crippen LogP contribution in [0.3, 0.4) is 0 Å². The maximum atomic E-state index is 12.1. The summed E-state index contributed by atoms with van der Waals surface area (Å²) in [7, 11) is 0. The Balaban J connectivity index is 1.23. The minimum absolute atomic E-state index is 0.102. The standard InChI is InChI=1S/C20H24N4O3/c25-18-12-20(19(26)22-18)6-9-24(14-20)13-16-2-4-17(5-3-16)27-11-1-8-23-10-7-21-15-23/h2-5,7,10,15H,1,6,8-9,11-14H2,(H,22,25,26)/t20-/m1/s1. The number of nitrogens with zero attached hydrogens (tertiary/aromatic N) is 3. The van der Waals surface area contributed by atoms with Crippen molar-refractivity contribution in [3.8, 4) is 5.75 Å². The van der Waals surface area contributed by atoms with E-state index in [9.17, 15) is 9.59 Å². The Labute approximate surface area is 158 Å². The molecule has 0 saturated carbocycles. The average Bonchev–Trinajstić information content (AvgIpc) is 3.36. The molecule has 1 aromatic heterocycles. The first kappa shape index (κ1) is 17.7. The Morgan fingerprint density at radius 3 is 2.78 bits per heavy atom. The van der Waals surface area contributed by atoms with E-state index in [0.29, 0.717) is 19.6 Å². The first-order chi connectivity index (χ1) is 13.1. The van der Waals surface area contributed by atoms with Gasteiger partial charge in [0.15, 0.2) is 0 Å². The molecule has 0 aliphatic carbocycles. The van der Waals surface area contributed by atoms with Crippen LogP contribution in [-0.2, 0) is 22.7 Å². The fourth-order valence-corrected chi connectivity index (χ4v) is 3.92. The molecule has 1 aromatic carbocycles. The molecule has 1 spiro atoms. The van der Waals surface area contributed by atoms with Crippen molar-refractivity contribution in [2.24, 2.45) is 5.41 Å². The molecule has 4 rings (SSSR count). The SMILES string of the molecule is O=C1C[C@@]2(CCN(Cc3ccc(OCCCn4ccnc4)cc3)C2)C(=O)N1. The predicted molar refractivity (Wildman–Crippen MR) is 98.9 cm³/mol. The minimum Gasteiger partial charge on any atom is -0.494 e. The maximum absolute atomic E-state index is 12.1. The molecular weight excluding hydrogens is 344 g/mol. The fraction of sp³-hybridized carbons (Fsp3) is 0.450. The molecule has 27 heavy (non-hydrogen) atoms. The van der Waals surface area contributed by atoms with Crippen molar-refractivity contribution in [2.45, 2.75) is 32.4 Å². The lowest BCUT2D eigenvalue weighted by atomic mass is 9.85.